The zero-order chi connectivity index (χ0) is 13.5. The predicted octanol–water partition coefficient (Wildman–Crippen LogP) is 4.26. The van der Waals surface area contributed by atoms with Gasteiger partial charge in [-0.15, -0.1) is 12.4 Å². The quantitative estimate of drug-likeness (QED) is 0.838. The first kappa shape index (κ1) is 16.7. The molecule has 0 aliphatic carbocycles. The Labute approximate surface area is 128 Å². The standard InChI is InChI=1S/C18H23N.ClH/c1-15(13-17-9-5-3-6-10-17)19-16(2)14-18-11-7-4-8-12-18;/h3-12,15-16,19H,13-14H2,1-2H3;1H. The van der Waals surface area contributed by atoms with E-state index in [9.17, 15) is 0 Å². The molecule has 2 unspecified atom stereocenters. The minimum absolute atomic E-state index is 0. The molecule has 0 radical (unpaired) electrons. The predicted molar refractivity (Wildman–Crippen MR) is 89.6 cm³/mol. The Hall–Kier alpha value is -1.31. The van der Waals surface area contributed by atoms with Crippen LogP contribution in [0.15, 0.2) is 60.7 Å². The topological polar surface area (TPSA) is 12.0 Å². The van der Waals surface area contributed by atoms with Crippen LogP contribution in [0.3, 0.4) is 0 Å². The van der Waals surface area contributed by atoms with E-state index in [4.69, 9.17) is 0 Å². The Bertz CT molecular complexity index is 424. The largest absolute Gasteiger partial charge is 0.311 e. The monoisotopic (exact) mass is 289 g/mol. The third kappa shape index (κ3) is 5.77. The van der Waals surface area contributed by atoms with E-state index in [0.29, 0.717) is 12.1 Å². The summed E-state index contributed by atoms with van der Waals surface area (Å²) >= 11 is 0. The van der Waals surface area contributed by atoms with E-state index in [1.165, 1.54) is 11.1 Å². The normalized spacial score (nSPS) is 13.3. The van der Waals surface area contributed by atoms with Crippen molar-refractivity contribution in [2.75, 3.05) is 0 Å². The first-order chi connectivity index (χ1) is 9.24. The second-order valence-corrected chi connectivity index (χ2v) is 5.35. The second kappa shape index (κ2) is 8.78. The van der Waals surface area contributed by atoms with Crippen molar-refractivity contribution < 1.29 is 0 Å². The molecule has 2 rings (SSSR count). The van der Waals surface area contributed by atoms with Crippen LogP contribution in [0.2, 0.25) is 0 Å². The maximum Gasteiger partial charge on any atom is 0.00817 e. The SMILES string of the molecule is CC(Cc1ccccc1)NC(C)Cc1ccccc1.Cl. The van der Waals surface area contributed by atoms with Gasteiger partial charge in [0.05, 0.1) is 0 Å². The van der Waals surface area contributed by atoms with Crippen LogP contribution in [0, 0.1) is 0 Å². The third-order valence-corrected chi connectivity index (χ3v) is 3.34. The van der Waals surface area contributed by atoms with Crippen LogP contribution in [0.5, 0.6) is 0 Å². The molecule has 1 N–H and O–H groups in total. The summed E-state index contributed by atoms with van der Waals surface area (Å²) in [5.41, 5.74) is 2.80. The summed E-state index contributed by atoms with van der Waals surface area (Å²) in [5.74, 6) is 0. The van der Waals surface area contributed by atoms with Gasteiger partial charge in [-0.25, -0.2) is 0 Å². The van der Waals surface area contributed by atoms with Crippen molar-refractivity contribution in [1.29, 1.82) is 0 Å². The van der Waals surface area contributed by atoms with E-state index >= 15 is 0 Å². The highest BCUT2D eigenvalue weighted by Gasteiger charge is 2.08. The molecule has 0 spiro atoms. The summed E-state index contributed by atoms with van der Waals surface area (Å²) in [6.07, 6.45) is 2.17. The summed E-state index contributed by atoms with van der Waals surface area (Å²) < 4.78 is 0. The number of hydrogen-bond acceptors (Lipinski definition) is 1. The van der Waals surface area contributed by atoms with Gasteiger partial charge in [0.2, 0.25) is 0 Å². The van der Waals surface area contributed by atoms with Crippen LogP contribution < -0.4 is 5.32 Å². The molecular formula is C18H24ClN. The second-order valence-electron chi connectivity index (χ2n) is 5.35. The molecule has 2 atom stereocenters. The number of halogens is 1. The van der Waals surface area contributed by atoms with Crippen molar-refractivity contribution in [2.24, 2.45) is 0 Å². The summed E-state index contributed by atoms with van der Waals surface area (Å²) in [5, 5.41) is 3.68. The van der Waals surface area contributed by atoms with E-state index in [1.54, 1.807) is 0 Å². The molecule has 0 aliphatic rings. The van der Waals surface area contributed by atoms with E-state index in [2.05, 4.69) is 79.8 Å². The van der Waals surface area contributed by atoms with Gasteiger partial charge in [0, 0.05) is 12.1 Å². The lowest BCUT2D eigenvalue weighted by atomic mass is 10.0. The number of nitrogens with one attached hydrogen (secondary N) is 1. The minimum atomic E-state index is 0. The Morgan fingerprint density at radius 1 is 0.700 bits per heavy atom. The first-order valence-corrected chi connectivity index (χ1v) is 7.08. The Kier molecular flexibility index (Phi) is 7.35. The van der Waals surface area contributed by atoms with Crippen molar-refractivity contribution in [2.45, 2.75) is 38.8 Å². The molecule has 0 fully saturated rings. The van der Waals surface area contributed by atoms with E-state index in [0.717, 1.165) is 12.8 Å². The van der Waals surface area contributed by atoms with Gasteiger partial charge in [-0.05, 0) is 37.8 Å². The van der Waals surface area contributed by atoms with Crippen molar-refractivity contribution in [3.8, 4) is 0 Å². The zero-order valence-electron chi connectivity index (χ0n) is 12.3. The fourth-order valence-corrected chi connectivity index (χ4v) is 2.54. The molecule has 0 aliphatic heterocycles. The summed E-state index contributed by atoms with van der Waals surface area (Å²) in [4.78, 5) is 0. The molecule has 2 heteroatoms. The Morgan fingerprint density at radius 3 is 1.40 bits per heavy atom. The van der Waals surface area contributed by atoms with Crippen LogP contribution in [0.1, 0.15) is 25.0 Å². The molecule has 0 aromatic heterocycles. The van der Waals surface area contributed by atoms with E-state index < -0.39 is 0 Å². The van der Waals surface area contributed by atoms with Crippen LogP contribution in [0.25, 0.3) is 0 Å². The van der Waals surface area contributed by atoms with Crippen molar-refractivity contribution in [3.05, 3.63) is 71.8 Å². The van der Waals surface area contributed by atoms with Gasteiger partial charge < -0.3 is 5.32 Å². The maximum atomic E-state index is 3.68. The summed E-state index contributed by atoms with van der Waals surface area (Å²) in [6, 6.07) is 22.3. The van der Waals surface area contributed by atoms with Gasteiger partial charge in [-0.3, -0.25) is 0 Å². The Balaban J connectivity index is 0.00000200. The molecule has 108 valence electrons. The highest BCUT2D eigenvalue weighted by molar-refractivity contribution is 5.85. The molecular weight excluding hydrogens is 266 g/mol. The molecule has 2 aromatic rings. The lowest BCUT2D eigenvalue weighted by molar-refractivity contribution is 0.462. The van der Waals surface area contributed by atoms with Crippen LogP contribution in [-0.2, 0) is 12.8 Å². The number of benzene rings is 2. The highest BCUT2D eigenvalue weighted by Crippen LogP contribution is 2.06. The third-order valence-electron chi connectivity index (χ3n) is 3.34. The number of rotatable bonds is 6. The van der Waals surface area contributed by atoms with Crippen LogP contribution in [0.4, 0.5) is 0 Å². The fourth-order valence-electron chi connectivity index (χ4n) is 2.54. The molecule has 0 saturated heterocycles. The summed E-state index contributed by atoms with van der Waals surface area (Å²) in [7, 11) is 0. The van der Waals surface area contributed by atoms with Crippen molar-refractivity contribution in [3.63, 3.8) is 0 Å². The Morgan fingerprint density at radius 2 is 1.05 bits per heavy atom. The summed E-state index contributed by atoms with van der Waals surface area (Å²) in [6.45, 7) is 4.52. The van der Waals surface area contributed by atoms with Crippen molar-refractivity contribution >= 4 is 12.4 Å². The lowest BCUT2D eigenvalue weighted by Crippen LogP contribution is -2.37. The molecule has 0 saturated carbocycles. The smallest absolute Gasteiger partial charge is 0.00817 e. The fraction of sp³-hybridized carbons (Fsp3) is 0.333. The van der Waals surface area contributed by atoms with Gasteiger partial charge in [0.25, 0.3) is 0 Å². The number of hydrogen-bond donors (Lipinski definition) is 1. The van der Waals surface area contributed by atoms with Gasteiger partial charge in [-0.1, -0.05) is 60.7 Å². The van der Waals surface area contributed by atoms with Crippen LogP contribution in [-0.4, -0.2) is 12.1 Å². The van der Waals surface area contributed by atoms with E-state index in [-0.39, 0.29) is 12.4 Å². The minimum Gasteiger partial charge on any atom is -0.311 e. The first-order valence-electron chi connectivity index (χ1n) is 7.08. The highest BCUT2D eigenvalue weighted by atomic mass is 35.5. The average molecular weight is 290 g/mol. The molecule has 1 nitrogen and oxygen atoms in total. The van der Waals surface area contributed by atoms with Crippen LogP contribution >= 0.6 is 12.4 Å². The molecule has 0 amide bonds. The zero-order valence-corrected chi connectivity index (χ0v) is 13.1. The molecule has 0 bridgehead atoms. The van der Waals surface area contributed by atoms with Gasteiger partial charge in [0.1, 0.15) is 0 Å². The molecule has 20 heavy (non-hydrogen) atoms. The average Bonchev–Trinajstić information content (AvgIpc) is 2.40. The van der Waals surface area contributed by atoms with Crippen molar-refractivity contribution in [1.82, 2.24) is 5.32 Å². The molecule has 0 heterocycles. The van der Waals surface area contributed by atoms with Gasteiger partial charge >= 0.3 is 0 Å². The van der Waals surface area contributed by atoms with E-state index in [1.807, 2.05) is 0 Å². The van der Waals surface area contributed by atoms with Gasteiger partial charge in [-0.2, -0.15) is 0 Å². The maximum absolute atomic E-state index is 3.68. The molecule has 2 aromatic carbocycles. The van der Waals surface area contributed by atoms with Gasteiger partial charge in [0.15, 0.2) is 0 Å². The lowest BCUT2D eigenvalue weighted by Gasteiger charge is -2.20.